The highest BCUT2D eigenvalue weighted by molar-refractivity contribution is 4.84. The maximum atomic E-state index is 12.6. The summed E-state index contributed by atoms with van der Waals surface area (Å²) in [6.07, 6.45) is -12.4. The van der Waals surface area contributed by atoms with Crippen molar-refractivity contribution < 1.29 is 22.0 Å². The van der Waals surface area contributed by atoms with Crippen molar-refractivity contribution >= 4 is 0 Å². The molecule has 0 fully saturated rings. The molecule has 0 amide bonds. The lowest BCUT2D eigenvalue weighted by molar-refractivity contribution is 0.00478. The van der Waals surface area contributed by atoms with Crippen LogP contribution in [0.5, 0.6) is 0 Å². The van der Waals surface area contributed by atoms with Gasteiger partial charge >= 0.3 is 0 Å². The topological polar surface area (TPSA) is 0 Å². The minimum atomic E-state index is -2.73. The molecule has 0 heterocycles. The number of alkyl halides is 5. The Kier molecular flexibility index (Phi) is 5.25. The quantitative estimate of drug-likeness (QED) is 0.603. The van der Waals surface area contributed by atoms with Crippen LogP contribution in [-0.4, -0.2) is 30.9 Å². The van der Waals surface area contributed by atoms with Gasteiger partial charge < -0.3 is 0 Å². The van der Waals surface area contributed by atoms with Gasteiger partial charge in [0.2, 0.25) is 0 Å². The lowest BCUT2D eigenvalue weighted by Crippen LogP contribution is -2.38. The Morgan fingerprint density at radius 2 is 1.31 bits per heavy atom. The molecule has 5 atom stereocenters. The Hall–Kier alpha value is -0.350. The fourth-order valence-corrected chi connectivity index (χ4v) is 0.854. The average molecular weight is 204 g/mol. The summed E-state index contributed by atoms with van der Waals surface area (Å²) in [5.41, 5.74) is 0. The zero-order valence-electron chi connectivity index (χ0n) is 7.48. The molecule has 0 N–H and O–H groups in total. The Labute approximate surface area is 74.1 Å². The second-order valence-electron chi connectivity index (χ2n) is 2.94. The predicted octanol–water partition coefficient (Wildman–Crippen LogP) is 3.11. The van der Waals surface area contributed by atoms with Crippen LogP contribution < -0.4 is 0 Å². The Morgan fingerprint density at radius 3 is 1.62 bits per heavy atom. The SMILES string of the molecule is CCC(F)C(F)C(F)C(F)C(C)F. The summed E-state index contributed by atoms with van der Waals surface area (Å²) in [7, 11) is 0. The molecule has 0 aromatic carbocycles. The van der Waals surface area contributed by atoms with Crippen molar-refractivity contribution in [3.8, 4) is 0 Å². The Morgan fingerprint density at radius 1 is 0.846 bits per heavy atom. The van der Waals surface area contributed by atoms with Gasteiger partial charge in [0.15, 0.2) is 18.5 Å². The molecule has 0 nitrogen and oxygen atoms in total. The minimum absolute atomic E-state index is 0.255. The molecule has 0 radical (unpaired) electrons. The zero-order valence-corrected chi connectivity index (χ0v) is 7.48. The molecule has 0 spiro atoms. The Balaban J connectivity index is 4.15. The summed E-state index contributed by atoms with van der Waals surface area (Å²) in [6.45, 7) is 2.07. The van der Waals surface area contributed by atoms with Gasteiger partial charge in [-0.15, -0.1) is 0 Å². The molecule has 0 aromatic rings. The highest BCUT2D eigenvalue weighted by Crippen LogP contribution is 2.22. The van der Waals surface area contributed by atoms with Crippen molar-refractivity contribution in [1.29, 1.82) is 0 Å². The zero-order chi connectivity index (χ0) is 10.6. The molecule has 0 aliphatic rings. The smallest absolute Gasteiger partial charge is 0.168 e. The lowest BCUT2D eigenvalue weighted by Gasteiger charge is -2.20. The first kappa shape index (κ1) is 12.7. The van der Waals surface area contributed by atoms with Crippen molar-refractivity contribution in [2.45, 2.75) is 51.1 Å². The van der Waals surface area contributed by atoms with Crippen LogP contribution in [0.25, 0.3) is 0 Å². The van der Waals surface area contributed by atoms with Gasteiger partial charge in [-0.05, 0) is 13.3 Å². The third kappa shape index (κ3) is 3.48. The van der Waals surface area contributed by atoms with Gasteiger partial charge in [0.1, 0.15) is 12.3 Å². The summed E-state index contributed by atoms with van der Waals surface area (Å²) in [6, 6.07) is 0. The summed E-state index contributed by atoms with van der Waals surface area (Å²) >= 11 is 0. The molecule has 0 aliphatic heterocycles. The van der Waals surface area contributed by atoms with E-state index in [0.717, 1.165) is 6.92 Å². The molecule has 0 bridgehead atoms. The maximum Gasteiger partial charge on any atom is 0.168 e. The first-order valence-electron chi connectivity index (χ1n) is 4.12. The van der Waals surface area contributed by atoms with E-state index in [4.69, 9.17) is 0 Å². The van der Waals surface area contributed by atoms with Crippen molar-refractivity contribution in [2.75, 3.05) is 0 Å². The van der Waals surface area contributed by atoms with Crippen LogP contribution in [-0.2, 0) is 0 Å². The van der Waals surface area contributed by atoms with E-state index in [1.165, 1.54) is 6.92 Å². The molecule has 0 saturated carbocycles. The number of hydrogen-bond donors (Lipinski definition) is 0. The molecule has 80 valence electrons. The molecular formula is C8H13F5. The van der Waals surface area contributed by atoms with Gasteiger partial charge in [-0.1, -0.05) is 6.92 Å². The monoisotopic (exact) mass is 204 g/mol. The first-order chi connectivity index (χ1) is 5.91. The van der Waals surface area contributed by atoms with E-state index in [1.54, 1.807) is 0 Å². The second-order valence-corrected chi connectivity index (χ2v) is 2.94. The van der Waals surface area contributed by atoms with Gasteiger partial charge in [-0.3, -0.25) is 0 Å². The molecule has 0 rings (SSSR count). The maximum absolute atomic E-state index is 12.6. The summed E-state index contributed by atoms with van der Waals surface area (Å²) in [4.78, 5) is 0. The van der Waals surface area contributed by atoms with Gasteiger partial charge in [0.05, 0.1) is 0 Å². The van der Waals surface area contributed by atoms with E-state index >= 15 is 0 Å². The van der Waals surface area contributed by atoms with Gasteiger partial charge in [-0.2, -0.15) is 0 Å². The van der Waals surface area contributed by atoms with Crippen LogP contribution >= 0.6 is 0 Å². The summed E-state index contributed by atoms with van der Waals surface area (Å²) in [5, 5.41) is 0. The third-order valence-electron chi connectivity index (χ3n) is 1.78. The average Bonchev–Trinajstić information content (AvgIpc) is 2.12. The van der Waals surface area contributed by atoms with E-state index in [-0.39, 0.29) is 6.42 Å². The van der Waals surface area contributed by atoms with Crippen LogP contribution in [0, 0.1) is 0 Å². The van der Waals surface area contributed by atoms with Crippen molar-refractivity contribution in [1.82, 2.24) is 0 Å². The highest BCUT2D eigenvalue weighted by Gasteiger charge is 2.38. The van der Waals surface area contributed by atoms with Gasteiger partial charge in [0, 0.05) is 0 Å². The molecule has 13 heavy (non-hydrogen) atoms. The van der Waals surface area contributed by atoms with Crippen LogP contribution in [0.1, 0.15) is 20.3 Å². The van der Waals surface area contributed by atoms with Gasteiger partial charge in [0.25, 0.3) is 0 Å². The molecule has 5 heteroatoms. The third-order valence-corrected chi connectivity index (χ3v) is 1.78. The van der Waals surface area contributed by atoms with E-state index in [1.807, 2.05) is 0 Å². The fourth-order valence-electron chi connectivity index (χ4n) is 0.854. The van der Waals surface area contributed by atoms with Crippen molar-refractivity contribution in [3.63, 3.8) is 0 Å². The number of hydrogen-bond acceptors (Lipinski definition) is 0. The van der Waals surface area contributed by atoms with Crippen molar-refractivity contribution in [2.24, 2.45) is 0 Å². The Bertz CT molecular complexity index is 138. The van der Waals surface area contributed by atoms with Gasteiger partial charge in [-0.25, -0.2) is 22.0 Å². The van der Waals surface area contributed by atoms with Crippen LogP contribution in [0.3, 0.4) is 0 Å². The highest BCUT2D eigenvalue weighted by atomic mass is 19.2. The van der Waals surface area contributed by atoms with E-state index in [2.05, 4.69) is 0 Å². The van der Waals surface area contributed by atoms with Crippen molar-refractivity contribution in [3.05, 3.63) is 0 Å². The predicted molar refractivity (Wildman–Crippen MR) is 40.4 cm³/mol. The molecule has 5 unspecified atom stereocenters. The van der Waals surface area contributed by atoms with E-state index in [0.29, 0.717) is 0 Å². The number of halogens is 5. The lowest BCUT2D eigenvalue weighted by atomic mass is 10.0. The summed E-state index contributed by atoms with van der Waals surface area (Å²) in [5.74, 6) is 0. The summed E-state index contributed by atoms with van der Waals surface area (Å²) < 4.78 is 62.5. The second kappa shape index (κ2) is 5.40. The van der Waals surface area contributed by atoms with Crippen LogP contribution in [0.15, 0.2) is 0 Å². The van der Waals surface area contributed by atoms with Crippen LogP contribution in [0.2, 0.25) is 0 Å². The molecule has 0 saturated heterocycles. The fraction of sp³-hybridized carbons (Fsp3) is 1.00. The van der Waals surface area contributed by atoms with E-state index < -0.39 is 30.9 Å². The van der Waals surface area contributed by atoms with E-state index in [9.17, 15) is 22.0 Å². The first-order valence-corrected chi connectivity index (χ1v) is 4.12. The normalized spacial score (nSPS) is 23.3. The molecule has 0 aromatic heterocycles. The molecular weight excluding hydrogens is 191 g/mol. The minimum Gasteiger partial charge on any atom is -0.244 e. The number of rotatable bonds is 5. The largest absolute Gasteiger partial charge is 0.244 e. The molecule has 0 aliphatic carbocycles. The standard InChI is InChI=1S/C8H13F5/c1-3-5(10)7(12)8(13)6(11)4(2)9/h4-8H,3H2,1-2H3. The van der Waals surface area contributed by atoms with Crippen LogP contribution in [0.4, 0.5) is 22.0 Å².